The summed E-state index contributed by atoms with van der Waals surface area (Å²) in [6.45, 7) is -0.250. The van der Waals surface area contributed by atoms with Crippen molar-refractivity contribution < 1.29 is 37.1 Å². The van der Waals surface area contributed by atoms with Crippen molar-refractivity contribution in [1.82, 2.24) is 0 Å². The van der Waals surface area contributed by atoms with Crippen molar-refractivity contribution in [3.8, 4) is 0 Å². The van der Waals surface area contributed by atoms with Gasteiger partial charge in [0.15, 0.2) is 0 Å². The molecule has 0 saturated carbocycles. The zero-order chi connectivity index (χ0) is 10.8. The van der Waals surface area contributed by atoms with Crippen LogP contribution < -0.4 is 0 Å². The van der Waals surface area contributed by atoms with Gasteiger partial charge in [0, 0.05) is 23.3 Å². The van der Waals surface area contributed by atoms with E-state index in [1.165, 1.54) is 0 Å². The van der Waals surface area contributed by atoms with Gasteiger partial charge in [-0.05, 0) is 0 Å². The molecule has 0 aromatic rings. The van der Waals surface area contributed by atoms with Crippen molar-refractivity contribution >= 4 is 27.7 Å². The molecule has 0 amide bonds. The van der Waals surface area contributed by atoms with Gasteiger partial charge >= 0.3 is 10.4 Å². The van der Waals surface area contributed by atoms with E-state index in [0.29, 0.717) is 0 Å². The second-order valence-corrected chi connectivity index (χ2v) is 3.67. The Kier molecular flexibility index (Phi) is 24.6. The fraction of sp³-hybridized carbons (Fsp3) is 0.667. The average molecular weight is 240 g/mol. The van der Waals surface area contributed by atoms with Crippen molar-refractivity contribution in [2.24, 2.45) is 0 Å². The molecule has 0 rings (SSSR count). The summed E-state index contributed by atoms with van der Waals surface area (Å²) in [5.74, 6) is 0. The van der Waals surface area contributed by atoms with E-state index in [0.717, 1.165) is 0 Å². The van der Waals surface area contributed by atoms with Crippen molar-refractivity contribution in [1.29, 1.82) is 0 Å². The lowest BCUT2D eigenvalue weighted by atomic mass is 11.7. The third kappa shape index (κ3) is 3380. The topological polar surface area (TPSA) is 160 Å². The first-order valence-corrected chi connectivity index (χ1v) is 5.54. The lowest BCUT2D eigenvalue weighted by Crippen LogP contribution is -1.89. The molecule has 84 valence electrons. The molecule has 0 radical (unpaired) electrons. The van der Waals surface area contributed by atoms with Crippen molar-refractivity contribution in [2.45, 2.75) is 0 Å². The van der Waals surface area contributed by atoms with Gasteiger partial charge in [0.2, 0.25) is 0 Å². The molecule has 10 heteroatoms. The summed E-state index contributed by atoms with van der Waals surface area (Å²) in [5.41, 5.74) is 0. The van der Waals surface area contributed by atoms with Crippen LogP contribution in [-0.2, 0) is 26.0 Å². The monoisotopic (exact) mass is 240 g/mol. The molecule has 0 aliphatic carbocycles. The third-order valence-corrected chi connectivity index (χ3v) is 0. The molecule has 8 nitrogen and oxygen atoms in total. The maximum atomic E-state index is 9.56. The van der Waals surface area contributed by atoms with Gasteiger partial charge in [0.1, 0.15) is 0 Å². The summed E-state index contributed by atoms with van der Waals surface area (Å²) in [5, 5.41) is 6.89. The molecule has 0 spiro atoms. The minimum absolute atomic E-state index is 0. The molecule has 0 fully saturated rings. The van der Waals surface area contributed by atoms with E-state index < -0.39 is 21.2 Å². The van der Waals surface area contributed by atoms with Crippen LogP contribution in [0.1, 0.15) is 0 Å². The van der Waals surface area contributed by atoms with Gasteiger partial charge in [-0.25, -0.2) is 0 Å². The van der Waals surface area contributed by atoms with E-state index in [1.807, 2.05) is 0 Å². The predicted octanol–water partition coefficient (Wildman–Crippen LogP) is -1.78. The molecule has 0 unspecified atom stereocenters. The SMILES string of the molecule is CS(C)=O.O.O=CO.O=S(=O)(O)O. The second-order valence-electron chi connectivity index (χ2n) is 1.29. The summed E-state index contributed by atoms with van der Waals surface area (Å²) >= 11 is 0. The highest BCUT2D eigenvalue weighted by atomic mass is 32.3. The third-order valence-electron chi connectivity index (χ3n) is 0. The van der Waals surface area contributed by atoms with E-state index in [2.05, 4.69) is 0 Å². The van der Waals surface area contributed by atoms with Gasteiger partial charge in [0.05, 0.1) is 0 Å². The number of carboxylic acid groups (broad SMARTS) is 1. The van der Waals surface area contributed by atoms with Gasteiger partial charge in [-0.2, -0.15) is 8.42 Å². The van der Waals surface area contributed by atoms with E-state index in [-0.39, 0.29) is 11.9 Å². The van der Waals surface area contributed by atoms with Crippen LogP contribution in [0, 0.1) is 0 Å². The van der Waals surface area contributed by atoms with Crippen LogP contribution >= 0.6 is 0 Å². The highest BCUT2D eigenvalue weighted by Crippen LogP contribution is 1.59. The molecule has 0 aromatic heterocycles. The molecular weight excluding hydrogens is 228 g/mol. The molecule has 0 aliphatic heterocycles. The molecule has 0 aromatic carbocycles. The largest absolute Gasteiger partial charge is 0.483 e. The molecule has 0 aliphatic rings. The van der Waals surface area contributed by atoms with E-state index in [9.17, 15) is 4.21 Å². The van der Waals surface area contributed by atoms with Crippen molar-refractivity contribution in [3.63, 3.8) is 0 Å². The van der Waals surface area contributed by atoms with E-state index >= 15 is 0 Å². The first-order chi connectivity index (χ1) is 5.15. The second kappa shape index (κ2) is 14.0. The van der Waals surface area contributed by atoms with Gasteiger partial charge in [0.25, 0.3) is 6.47 Å². The summed E-state index contributed by atoms with van der Waals surface area (Å²) in [6.07, 6.45) is 3.28. The van der Waals surface area contributed by atoms with Crippen molar-refractivity contribution in [2.75, 3.05) is 12.5 Å². The number of carbonyl (C=O) groups is 1. The Labute approximate surface area is 77.9 Å². The predicted molar refractivity (Wildman–Crippen MR) is 46.5 cm³/mol. The first kappa shape index (κ1) is 22.9. The molecule has 5 N–H and O–H groups in total. The lowest BCUT2D eigenvalue weighted by Gasteiger charge is -1.68. The highest BCUT2D eigenvalue weighted by Gasteiger charge is 1.84. The maximum Gasteiger partial charge on any atom is 0.394 e. The van der Waals surface area contributed by atoms with Crippen LogP contribution in [0.4, 0.5) is 0 Å². The summed E-state index contributed by atoms with van der Waals surface area (Å²) in [6, 6.07) is 0. The quantitative estimate of drug-likeness (QED) is 0.333. The normalized spacial score (nSPS) is 8.08. The fourth-order valence-electron chi connectivity index (χ4n) is 0. The number of rotatable bonds is 0. The Bertz CT molecular complexity index is 193. The molecule has 0 saturated heterocycles. The standard InChI is InChI=1S/C2H6OS.CH2O2.H2O4S.H2O/c1-4(2)3;2-1-3;1-5(2,3)4;/h1-2H3;1H,(H,2,3);(H2,1,2,3,4);1H2. The molecule has 0 atom stereocenters. The van der Waals surface area contributed by atoms with Crippen LogP contribution in [0.15, 0.2) is 0 Å². The first-order valence-electron chi connectivity index (χ1n) is 2.18. The Hall–Kier alpha value is -0.550. The average Bonchev–Trinajstić information content (AvgIpc) is 1.56. The summed E-state index contributed by atoms with van der Waals surface area (Å²) < 4.78 is 41.1. The van der Waals surface area contributed by atoms with Crippen molar-refractivity contribution in [3.05, 3.63) is 0 Å². The van der Waals surface area contributed by atoms with Crippen LogP contribution in [0.25, 0.3) is 0 Å². The Morgan fingerprint density at radius 2 is 1.23 bits per heavy atom. The lowest BCUT2D eigenvalue weighted by molar-refractivity contribution is -0.122. The van der Waals surface area contributed by atoms with Crippen LogP contribution in [0.5, 0.6) is 0 Å². The van der Waals surface area contributed by atoms with Crippen LogP contribution in [0.3, 0.4) is 0 Å². The fourth-order valence-corrected chi connectivity index (χ4v) is 0. The Morgan fingerprint density at radius 3 is 1.23 bits per heavy atom. The maximum absolute atomic E-state index is 9.56. The Balaban J connectivity index is -0.0000000465. The highest BCUT2D eigenvalue weighted by molar-refractivity contribution is 7.83. The molecule has 0 bridgehead atoms. The van der Waals surface area contributed by atoms with Gasteiger partial charge in [-0.15, -0.1) is 0 Å². The Morgan fingerprint density at radius 1 is 1.23 bits per heavy atom. The van der Waals surface area contributed by atoms with Gasteiger partial charge in [-0.3, -0.25) is 18.1 Å². The summed E-state index contributed by atoms with van der Waals surface area (Å²) in [7, 11) is -5.28. The number of hydrogen-bond donors (Lipinski definition) is 3. The van der Waals surface area contributed by atoms with E-state index in [4.69, 9.17) is 27.4 Å². The molecule has 0 heterocycles. The zero-order valence-corrected chi connectivity index (χ0v) is 8.50. The van der Waals surface area contributed by atoms with Gasteiger partial charge in [-0.1, -0.05) is 0 Å². The minimum atomic E-state index is -4.67. The van der Waals surface area contributed by atoms with Crippen LogP contribution in [0.2, 0.25) is 0 Å². The minimum Gasteiger partial charge on any atom is -0.483 e. The van der Waals surface area contributed by atoms with E-state index in [1.54, 1.807) is 12.5 Å². The number of hydrogen-bond acceptors (Lipinski definition) is 4. The molecular formula is C3H12O8S2. The van der Waals surface area contributed by atoms with Crippen LogP contribution in [-0.4, -0.2) is 51.3 Å². The molecule has 13 heavy (non-hydrogen) atoms. The summed E-state index contributed by atoms with van der Waals surface area (Å²) in [4.78, 5) is 8.36. The van der Waals surface area contributed by atoms with Gasteiger partial charge < -0.3 is 10.6 Å². The zero-order valence-electron chi connectivity index (χ0n) is 6.87. The smallest absolute Gasteiger partial charge is 0.394 e.